The summed E-state index contributed by atoms with van der Waals surface area (Å²) < 4.78 is 10.3. The lowest BCUT2D eigenvalue weighted by Crippen LogP contribution is -2.74. The molecule has 369 valence electrons. The maximum absolute atomic E-state index is 3.52. The quantitative estimate of drug-likeness (QED) is 0.127. The first kappa shape index (κ1) is 47.0. The highest BCUT2D eigenvalue weighted by Crippen LogP contribution is 2.44. The Bertz CT molecular complexity index is 5050. The van der Waals surface area contributed by atoms with E-state index in [4.69, 9.17) is 0 Å². The lowest BCUT2D eigenvalue weighted by molar-refractivity contribution is 1.18. The zero-order valence-corrected chi connectivity index (χ0v) is 45.5. The van der Waals surface area contributed by atoms with Gasteiger partial charge < -0.3 is 14.1 Å². The van der Waals surface area contributed by atoms with Gasteiger partial charge in [0.1, 0.15) is 0 Å². The molecular formula is C72H47BN3S2Si. The summed E-state index contributed by atoms with van der Waals surface area (Å²) in [6.07, 6.45) is 0. The molecule has 3 radical (unpaired) electrons. The van der Waals surface area contributed by atoms with Crippen LogP contribution in [0.25, 0.3) is 117 Å². The molecule has 5 heterocycles. The number of para-hydroxylation sites is 4. The number of nitrogens with one attached hydrogen (secondary N) is 1. The Morgan fingerprint density at radius 2 is 0.658 bits per heavy atom. The Morgan fingerprint density at radius 1 is 0.266 bits per heavy atom. The summed E-state index contributed by atoms with van der Waals surface area (Å²) in [5, 5.41) is 18.7. The van der Waals surface area contributed by atoms with Crippen LogP contribution < -0.4 is 20.7 Å². The van der Waals surface area contributed by atoms with Gasteiger partial charge in [0.05, 0.1) is 22.1 Å². The van der Waals surface area contributed by atoms with Gasteiger partial charge in [-0.15, -0.1) is 22.7 Å². The lowest BCUT2D eigenvalue weighted by Gasteiger charge is -2.34. The summed E-state index contributed by atoms with van der Waals surface area (Å²) in [7, 11) is -2.80. The SMILES string of the molecule is [B].c1ccc([Si](c2ccccc2)(c2ccc(-n3c4ccccc4c4ccccc43)cc2)c2ccc(-n3c4ccccc4c4c5sc6ccccc6c5ccc43)cc2)cc1.c1ccc2c(c1)[nH]c1ccc3c4ccccc4sc3c12. The molecule has 5 aromatic heterocycles. The third kappa shape index (κ3) is 7.17. The summed E-state index contributed by atoms with van der Waals surface area (Å²) >= 11 is 3.80. The summed E-state index contributed by atoms with van der Waals surface area (Å²) in [5.41, 5.74) is 9.69. The first-order chi connectivity index (χ1) is 38.7. The number of hydrogen-bond donors (Lipinski definition) is 1. The first-order valence-electron chi connectivity index (χ1n) is 26.7. The monoisotopic (exact) mass is 1060 g/mol. The molecule has 0 amide bonds. The Balaban J connectivity index is 0.000000215. The van der Waals surface area contributed by atoms with Crippen LogP contribution in [0.4, 0.5) is 0 Å². The van der Waals surface area contributed by atoms with Gasteiger partial charge >= 0.3 is 0 Å². The molecule has 0 saturated heterocycles. The Morgan fingerprint density at radius 3 is 1.20 bits per heavy atom. The molecule has 0 aliphatic heterocycles. The maximum Gasteiger partial charge on any atom is 0.179 e. The number of benzene rings is 12. The van der Waals surface area contributed by atoms with Crippen molar-refractivity contribution >= 4 is 166 Å². The second-order valence-corrected chi connectivity index (χ2v) is 26.3. The highest BCUT2D eigenvalue weighted by molar-refractivity contribution is 7.27. The molecule has 3 nitrogen and oxygen atoms in total. The number of H-pyrrole nitrogens is 1. The average Bonchev–Trinajstić information content (AvgIpc) is 4.39. The van der Waals surface area contributed by atoms with Gasteiger partial charge in [-0.2, -0.15) is 0 Å². The third-order valence-corrected chi connectivity index (χ3v) is 23.5. The van der Waals surface area contributed by atoms with E-state index in [2.05, 4.69) is 293 Å². The molecule has 0 unspecified atom stereocenters. The van der Waals surface area contributed by atoms with E-state index in [1.54, 1.807) is 0 Å². The number of rotatable bonds is 6. The van der Waals surface area contributed by atoms with E-state index in [1.807, 2.05) is 22.7 Å². The average molecular weight is 1060 g/mol. The number of aromatic amines is 1. The molecule has 0 aliphatic carbocycles. The topological polar surface area (TPSA) is 25.6 Å². The number of fused-ring (bicyclic) bond motifs is 17. The van der Waals surface area contributed by atoms with Gasteiger partial charge in [-0.25, -0.2) is 0 Å². The molecule has 0 aliphatic rings. The van der Waals surface area contributed by atoms with Crippen LogP contribution in [0.2, 0.25) is 0 Å². The Hall–Kier alpha value is -9.24. The van der Waals surface area contributed by atoms with Crippen LogP contribution in [0, 0.1) is 0 Å². The molecule has 0 atom stereocenters. The van der Waals surface area contributed by atoms with E-state index < -0.39 is 8.07 Å². The van der Waals surface area contributed by atoms with Crippen molar-refractivity contribution in [2.24, 2.45) is 0 Å². The summed E-state index contributed by atoms with van der Waals surface area (Å²) in [5.74, 6) is 0. The van der Waals surface area contributed by atoms with Crippen LogP contribution in [-0.2, 0) is 0 Å². The van der Waals surface area contributed by atoms with Gasteiger partial charge in [-0.1, -0.05) is 206 Å². The normalized spacial score (nSPS) is 11.9. The predicted molar refractivity (Wildman–Crippen MR) is 346 cm³/mol. The highest BCUT2D eigenvalue weighted by atomic mass is 32.1. The van der Waals surface area contributed by atoms with E-state index in [-0.39, 0.29) is 8.41 Å². The predicted octanol–water partition coefficient (Wildman–Crippen LogP) is 16.9. The largest absolute Gasteiger partial charge is 0.354 e. The van der Waals surface area contributed by atoms with E-state index in [0.717, 1.165) is 0 Å². The molecule has 79 heavy (non-hydrogen) atoms. The van der Waals surface area contributed by atoms with Crippen LogP contribution >= 0.6 is 22.7 Å². The molecule has 7 heteroatoms. The van der Waals surface area contributed by atoms with Crippen molar-refractivity contribution in [2.45, 2.75) is 0 Å². The minimum Gasteiger partial charge on any atom is -0.354 e. The standard InChI is InChI=1S/C54H36N2SSi.C18H11NS.B/c1-3-15-39(16-4-1)58(40-17-5-2-6-18-40,41-31-27-37(28-32-41)55-48-23-11-7-19-43(48)44-20-8-12-24-49(44)55)42-33-29-38(30-34-42)56-50-25-13-9-22-47(50)53-51(56)36-35-46-45-21-10-14-26-52(45)57-54(46)53;1-3-7-14-13(6-1)17-15(19-14)10-9-12-11-5-2-4-8-16(11)20-18(12)17;/h1-36H;1-10,19H;. The van der Waals surface area contributed by atoms with Gasteiger partial charge in [0.15, 0.2) is 8.07 Å². The number of thiophene rings is 2. The van der Waals surface area contributed by atoms with Crippen molar-refractivity contribution < 1.29 is 0 Å². The Labute approximate surface area is 467 Å². The van der Waals surface area contributed by atoms with Crippen LogP contribution in [0.15, 0.2) is 279 Å². The van der Waals surface area contributed by atoms with Crippen LogP contribution in [-0.4, -0.2) is 30.6 Å². The number of hydrogen-bond acceptors (Lipinski definition) is 2. The van der Waals surface area contributed by atoms with Crippen molar-refractivity contribution in [3.8, 4) is 11.4 Å². The van der Waals surface area contributed by atoms with Crippen molar-refractivity contribution in [3.63, 3.8) is 0 Å². The molecule has 17 aromatic rings. The summed E-state index contributed by atoms with van der Waals surface area (Å²) in [6.45, 7) is 0. The first-order valence-corrected chi connectivity index (χ1v) is 30.3. The van der Waals surface area contributed by atoms with E-state index in [0.29, 0.717) is 0 Å². The van der Waals surface area contributed by atoms with Crippen LogP contribution in [0.1, 0.15) is 0 Å². The Kier molecular flexibility index (Phi) is 11.2. The van der Waals surface area contributed by atoms with E-state index >= 15 is 0 Å². The summed E-state index contributed by atoms with van der Waals surface area (Å²) in [6, 6.07) is 103. The van der Waals surface area contributed by atoms with Crippen molar-refractivity contribution in [1.29, 1.82) is 0 Å². The molecule has 17 rings (SSSR count). The lowest BCUT2D eigenvalue weighted by atomic mass is 10.1. The molecule has 0 spiro atoms. The van der Waals surface area contributed by atoms with Crippen LogP contribution in [0.5, 0.6) is 0 Å². The fourth-order valence-electron chi connectivity index (χ4n) is 12.9. The minimum atomic E-state index is -2.80. The summed E-state index contributed by atoms with van der Waals surface area (Å²) in [4.78, 5) is 3.52. The zero-order chi connectivity index (χ0) is 51.3. The van der Waals surface area contributed by atoms with Gasteiger partial charge in [0, 0.05) is 103 Å². The molecular weight excluding hydrogens is 1010 g/mol. The second kappa shape index (κ2) is 18.8. The smallest absolute Gasteiger partial charge is 0.179 e. The highest BCUT2D eigenvalue weighted by Gasteiger charge is 2.41. The molecule has 0 fully saturated rings. The van der Waals surface area contributed by atoms with Crippen molar-refractivity contribution in [1.82, 2.24) is 14.1 Å². The van der Waals surface area contributed by atoms with Gasteiger partial charge in [0.2, 0.25) is 0 Å². The van der Waals surface area contributed by atoms with Gasteiger partial charge in [-0.05, 0) is 93.5 Å². The molecule has 0 bridgehead atoms. The fraction of sp³-hybridized carbons (Fsp3) is 0. The minimum absolute atomic E-state index is 0. The van der Waals surface area contributed by atoms with E-state index in [9.17, 15) is 0 Å². The van der Waals surface area contributed by atoms with Crippen molar-refractivity contribution in [2.75, 3.05) is 0 Å². The number of nitrogens with zero attached hydrogens (tertiary/aromatic N) is 2. The molecule has 12 aromatic carbocycles. The molecule has 1 N–H and O–H groups in total. The zero-order valence-electron chi connectivity index (χ0n) is 42.8. The molecule has 0 saturated carbocycles. The fourth-order valence-corrected chi connectivity index (χ4v) is 20.2. The van der Waals surface area contributed by atoms with Gasteiger partial charge in [-0.3, -0.25) is 0 Å². The van der Waals surface area contributed by atoms with Gasteiger partial charge in [0.25, 0.3) is 0 Å². The van der Waals surface area contributed by atoms with Crippen LogP contribution in [0.3, 0.4) is 0 Å². The maximum atomic E-state index is 3.52. The third-order valence-electron chi connectivity index (χ3n) is 16.3. The van der Waals surface area contributed by atoms with Crippen molar-refractivity contribution in [3.05, 3.63) is 279 Å². The van der Waals surface area contributed by atoms with E-state index in [1.165, 1.54) is 138 Å². The number of aromatic nitrogens is 3. The second-order valence-electron chi connectivity index (χ2n) is 20.4.